The summed E-state index contributed by atoms with van der Waals surface area (Å²) in [5, 5.41) is 8.93. The molecule has 0 spiro atoms. The number of amidine groups is 2. The van der Waals surface area contributed by atoms with Crippen LogP contribution in [-0.4, -0.2) is 52.8 Å². The fourth-order valence-electron chi connectivity index (χ4n) is 4.89. The van der Waals surface area contributed by atoms with Gasteiger partial charge in [-0.3, -0.25) is 14.8 Å². The predicted octanol–water partition coefficient (Wildman–Crippen LogP) is 4.56. The summed E-state index contributed by atoms with van der Waals surface area (Å²) in [6, 6.07) is 18.0. The van der Waals surface area contributed by atoms with Crippen LogP contribution in [0.3, 0.4) is 0 Å². The number of nitrogen functional groups attached to an aromatic ring is 1. The van der Waals surface area contributed by atoms with E-state index < -0.39 is 0 Å². The molecule has 0 atom stereocenters. The van der Waals surface area contributed by atoms with Crippen LogP contribution in [0.2, 0.25) is 0 Å². The molecular weight excluding hydrogens is 488 g/mol. The molecule has 9 heteroatoms. The third kappa shape index (κ3) is 5.81. The average molecular weight is 521 g/mol. The topological polar surface area (TPSA) is 116 Å². The summed E-state index contributed by atoms with van der Waals surface area (Å²) in [4.78, 5) is 22.5. The smallest absolute Gasteiger partial charge is 0.213 e. The van der Waals surface area contributed by atoms with Gasteiger partial charge in [0.15, 0.2) is 11.7 Å². The number of allylic oxidation sites excluding steroid dienone is 1. The van der Waals surface area contributed by atoms with Gasteiger partial charge in [0.1, 0.15) is 23.7 Å². The summed E-state index contributed by atoms with van der Waals surface area (Å²) in [6.45, 7) is 4.85. The molecule has 5 rings (SSSR count). The zero-order chi connectivity index (χ0) is 27.2. The van der Waals surface area contributed by atoms with Crippen LogP contribution in [-0.2, 0) is 6.54 Å². The van der Waals surface area contributed by atoms with Crippen LogP contribution in [0.15, 0.2) is 82.7 Å². The number of nitrogens with zero attached hydrogens (tertiary/aromatic N) is 7. The number of aromatic nitrogens is 2. The number of nitriles is 1. The number of anilines is 2. The zero-order valence-corrected chi connectivity index (χ0v) is 22.3. The number of likely N-dealkylation sites (tertiary alicyclic amines) is 1. The van der Waals surface area contributed by atoms with E-state index in [0.717, 1.165) is 67.5 Å². The molecule has 2 N–H and O–H groups in total. The first-order chi connectivity index (χ1) is 19.1. The third-order valence-electron chi connectivity index (χ3n) is 6.86. The van der Waals surface area contributed by atoms with Gasteiger partial charge in [0, 0.05) is 50.8 Å². The van der Waals surface area contributed by atoms with E-state index in [9.17, 15) is 0 Å². The first-order valence-electron chi connectivity index (χ1n) is 13.2. The molecule has 1 saturated heterocycles. The Morgan fingerprint density at radius 2 is 1.92 bits per heavy atom. The van der Waals surface area contributed by atoms with Crippen molar-refractivity contribution >= 4 is 23.2 Å². The summed E-state index contributed by atoms with van der Waals surface area (Å²) in [7, 11) is 1.79. The monoisotopic (exact) mass is 520 g/mol. The maximum absolute atomic E-state index is 8.93. The lowest BCUT2D eigenvalue weighted by Crippen LogP contribution is -2.38. The molecule has 2 aliphatic rings. The molecule has 4 heterocycles. The van der Waals surface area contributed by atoms with E-state index in [1.807, 2.05) is 12.1 Å². The van der Waals surface area contributed by atoms with E-state index in [4.69, 9.17) is 20.7 Å². The second kappa shape index (κ2) is 11.9. The molecule has 0 bridgehead atoms. The van der Waals surface area contributed by atoms with Gasteiger partial charge in [-0.2, -0.15) is 5.26 Å². The van der Waals surface area contributed by atoms with Crippen LogP contribution in [0.25, 0.3) is 0 Å². The van der Waals surface area contributed by atoms with Crippen molar-refractivity contribution in [1.29, 1.82) is 5.26 Å². The minimum absolute atomic E-state index is 0.133. The Hall–Kier alpha value is -4.55. The second-order valence-electron chi connectivity index (χ2n) is 9.51. The van der Waals surface area contributed by atoms with Crippen LogP contribution in [0, 0.1) is 11.3 Å². The van der Waals surface area contributed by atoms with Gasteiger partial charge in [-0.05, 0) is 55.2 Å². The van der Waals surface area contributed by atoms with Crippen molar-refractivity contribution in [3.8, 4) is 11.9 Å². The van der Waals surface area contributed by atoms with E-state index in [1.165, 1.54) is 5.56 Å². The molecule has 1 fully saturated rings. The first kappa shape index (κ1) is 26.1. The highest BCUT2D eigenvalue weighted by Gasteiger charge is 2.31. The number of benzene rings is 1. The number of nitrogens with two attached hydrogens (primary N) is 1. The van der Waals surface area contributed by atoms with Crippen LogP contribution in [0.5, 0.6) is 5.88 Å². The fraction of sp³-hybridized carbons (Fsp3) is 0.300. The van der Waals surface area contributed by atoms with Gasteiger partial charge in [0.25, 0.3) is 0 Å². The van der Waals surface area contributed by atoms with E-state index in [1.54, 1.807) is 31.6 Å². The lowest BCUT2D eigenvalue weighted by molar-refractivity contribution is 0.0932. The second-order valence-corrected chi connectivity index (χ2v) is 9.51. The van der Waals surface area contributed by atoms with Gasteiger partial charge in [-0.15, -0.1) is 0 Å². The highest BCUT2D eigenvalue weighted by Crippen LogP contribution is 2.30. The Morgan fingerprint density at radius 1 is 1.13 bits per heavy atom. The Bertz CT molecular complexity index is 1430. The number of hydrogen-bond donors (Lipinski definition) is 1. The molecule has 39 heavy (non-hydrogen) atoms. The molecule has 0 saturated carbocycles. The third-order valence-corrected chi connectivity index (χ3v) is 6.86. The van der Waals surface area contributed by atoms with Crippen molar-refractivity contribution in [1.82, 2.24) is 14.9 Å². The Balaban J connectivity index is 1.25. The summed E-state index contributed by atoms with van der Waals surface area (Å²) in [5.74, 6) is 2.54. The Labute approximate surface area is 229 Å². The van der Waals surface area contributed by atoms with Crippen molar-refractivity contribution in [2.45, 2.75) is 38.8 Å². The number of ether oxygens (including phenoxy) is 1. The largest absolute Gasteiger partial charge is 0.474 e. The molecular formula is C30H32N8O. The highest BCUT2D eigenvalue weighted by molar-refractivity contribution is 6.34. The van der Waals surface area contributed by atoms with Crippen LogP contribution >= 0.6 is 0 Å². The minimum Gasteiger partial charge on any atom is -0.474 e. The molecule has 2 aromatic heterocycles. The summed E-state index contributed by atoms with van der Waals surface area (Å²) in [6.07, 6.45) is 8.16. The maximum atomic E-state index is 8.93. The lowest BCUT2D eigenvalue weighted by atomic mass is 10.1. The number of hydrogen-bond acceptors (Lipinski definition) is 8. The van der Waals surface area contributed by atoms with E-state index >= 15 is 0 Å². The number of aliphatic imine (C=N–C) groups is 2. The summed E-state index contributed by atoms with van der Waals surface area (Å²) in [5.41, 5.74) is 10.6. The van der Waals surface area contributed by atoms with Crippen molar-refractivity contribution in [3.05, 3.63) is 89.4 Å². The number of piperidine rings is 1. The molecule has 0 radical (unpaired) electrons. The first-order valence-corrected chi connectivity index (χ1v) is 13.2. The number of rotatable bonds is 7. The van der Waals surface area contributed by atoms with Crippen LogP contribution in [0.1, 0.15) is 42.9 Å². The Morgan fingerprint density at radius 3 is 2.56 bits per heavy atom. The SMILES string of the molecule is CC/C=C1/N=C(c2cccnc2N)N(c2ccc(CN3CCC(Oc4ccc(C#N)cn4)CC3)cc2)C1=NC. The predicted molar refractivity (Wildman–Crippen MR) is 154 cm³/mol. The standard InChI is InChI=1S/C30H32N8O/c1-3-5-26-30(33-2)38(29(36-26)25-6-4-15-34-28(25)32)23-10-7-21(8-11-23)20-37-16-13-24(14-17-37)39-27-12-9-22(18-31)19-35-27/h4-12,15,19,24H,3,13-14,16-17,20H2,1-2H3,(H2,32,34)/b26-5+,33-30?. The maximum Gasteiger partial charge on any atom is 0.213 e. The molecule has 0 unspecified atom stereocenters. The summed E-state index contributed by atoms with van der Waals surface area (Å²) < 4.78 is 6.03. The molecule has 9 nitrogen and oxygen atoms in total. The van der Waals surface area contributed by atoms with Gasteiger partial charge >= 0.3 is 0 Å². The minimum atomic E-state index is 0.133. The zero-order valence-electron chi connectivity index (χ0n) is 22.3. The van der Waals surface area contributed by atoms with Crippen LogP contribution < -0.4 is 15.4 Å². The number of pyridine rings is 2. The fourth-order valence-corrected chi connectivity index (χ4v) is 4.89. The molecule has 2 aliphatic heterocycles. The molecule has 198 valence electrons. The van der Waals surface area contributed by atoms with Gasteiger partial charge in [0.05, 0.1) is 11.1 Å². The van der Waals surface area contributed by atoms with Crippen molar-refractivity contribution in [2.75, 3.05) is 30.8 Å². The molecule has 1 aromatic carbocycles. The highest BCUT2D eigenvalue weighted by atomic mass is 16.5. The molecule has 0 amide bonds. The van der Waals surface area contributed by atoms with Gasteiger partial charge in [-0.1, -0.05) is 25.1 Å². The van der Waals surface area contributed by atoms with Crippen molar-refractivity contribution < 1.29 is 4.74 Å². The van der Waals surface area contributed by atoms with Crippen molar-refractivity contribution in [2.24, 2.45) is 9.98 Å². The average Bonchev–Trinajstić information content (AvgIpc) is 3.33. The van der Waals surface area contributed by atoms with Crippen LogP contribution in [0.4, 0.5) is 11.5 Å². The normalized spacial score (nSPS) is 18.4. The van der Waals surface area contributed by atoms with E-state index in [-0.39, 0.29) is 6.10 Å². The quantitative estimate of drug-likeness (QED) is 0.485. The van der Waals surface area contributed by atoms with E-state index in [0.29, 0.717) is 17.3 Å². The van der Waals surface area contributed by atoms with Gasteiger partial charge < -0.3 is 10.5 Å². The van der Waals surface area contributed by atoms with Gasteiger partial charge in [0.2, 0.25) is 5.88 Å². The Kier molecular flexibility index (Phi) is 7.94. The van der Waals surface area contributed by atoms with E-state index in [2.05, 4.69) is 68.1 Å². The van der Waals surface area contributed by atoms with Gasteiger partial charge in [-0.25, -0.2) is 15.0 Å². The van der Waals surface area contributed by atoms with Crippen molar-refractivity contribution in [3.63, 3.8) is 0 Å². The molecule has 0 aliphatic carbocycles. The summed E-state index contributed by atoms with van der Waals surface area (Å²) >= 11 is 0. The lowest BCUT2D eigenvalue weighted by Gasteiger charge is -2.32. The molecule has 3 aromatic rings.